The minimum absolute atomic E-state index is 0.0506. The van der Waals surface area contributed by atoms with E-state index in [4.69, 9.17) is 21.1 Å². The van der Waals surface area contributed by atoms with Crippen LogP contribution in [0.15, 0.2) is 52.4 Å². The fraction of sp³-hybridized carbons (Fsp3) is 0.318. The Kier molecular flexibility index (Phi) is 5.06. The maximum atomic E-state index is 13.4. The lowest BCUT2D eigenvalue weighted by Crippen LogP contribution is -2.39. The summed E-state index contributed by atoms with van der Waals surface area (Å²) in [4.78, 5) is 16.3. The van der Waals surface area contributed by atoms with Gasteiger partial charge in [-0.2, -0.15) is 0 Å². The molecule has 1 saturated heterocycles. The third-order valence-electron chi connectivity index (χ3n) is 5.66. The highest BCUT2D eigenvalue weighted by Gasteiger charge is 2.38. The zero-order valence-electron chi connectivity index (χ0n) is 16.7. The molecule has 3 aliphatic heterocycles. The number of carbonyl (C=O) groups excluding carboxylic acids is 1. The number of sulfone groups is 1. The van der Waals surface area contributed by atoms with E-state index >= 15 is 0 Å². The van der Waals surface area contributed by atoms with Crippen LogP contribution in [0.2, 0.25) is 5.02 Å². The van der Waals surface area contributed by atoms with E-state index in [0.29, 0.717) is 54.2 Å². The van der Waals surface area contributed by atoms with E-state index in [1.807, 2.05) is 0 Å². The predicted octanol–water partition coefficient (Wildman–Crippen LogP) is 3.89. The number of carbonyl (C=O) groups is 1. The van der Waals surface area contributed by atoms with Crippen LogP contribution in [0.25, 0.3) is 0 Å². The van der Waals surface area contributed by atoms with E-state index in [9.17, 15) is 13.2 Å². The van der Waals surface area contributed by atoms with Crippen LogP contribution >= 0.6 is 11.6 Å². The summed E-state index contributed by atoms with van der Waals surface area (Å²) in [6.45, 7) is 2.02. The molecule has 0 unspecified atom stereocenters. The third kappa shape index (κ3) is 3.53. The van der Waals surface area contributed by atoms with Crippen molar-refractivity contribution in [2.75, 3.05) is 31.2 Å². The highest BCUT2D eigenvalue weighted by Crippen LogP contribution is 2.43. The Balaban J connectivity index is 1.65. The first-order valence-electron chi connectivity index (χ1n) is 10.2. The van der Waals surface area contributed by atoms with E-state index in [2.05, 4.69) is 0 Å². The molecule has 0 aliphatic carbocycles. The second kappa shape index (κ2) is 7.76. The zero-order valence-corrected chi connectivity index (χ0v) is 18.3. The monoisotopic (exact) mass is 460 g/mol. The van der Waals surface area contributed by atoms with Gasteiger partial charge in [-0.05, 0) is 49.6 Å². The number of halogens is 1. The van der Waals surface area contributed by atoms with E-state index < -0.39 is 15.7 Å². The van der Waals surface area contributed by atoms with Crippen molar-refractivity contribution in [2.45, 2.75) is 24.2 Å². The molecule has 2 aromatic carbocycles. The molecular weight excluding hydrogens is 440 g/mol. The SMILES string of the molecule is O=C(C1=CN(c2ccc3c(c2)OCCO3)c2cc(Cl)ccc2S1(=O)=O)N1CCCCC1. The van der Waals surface area contributed by atoms with Crippen molar-refractivity contribution in [3.63, 3.8) is 0 Å². The molecule has 0 bridgehead atoms. The van der Waals surface area contributed by atoms with Gasteiger partial charge in [0.05, 0.1) is 10.6 Å². The van der Waals surface area contributed by atoms with Gasteiger partial charge in [0.1, 0.15) is 13.2 Å². The van der Waals surface area contributed by atoms with E-state index in [1.54, 1.807) is 34.1 Å². The third-order valence-corrected chi connectivity index (χ3v) is 7.68. The standard InChI is InChI=1S/C22H21ClN2O5S/c23-15-4-7-20-17(12-15)25(16-5-6-18-19(13-16)30-11-10-29-18)14-21(31(20,27)28)22(26)24-8-2-1-3-9-24/h4-7,12-14H,1-3,8-11H2. The van der Waals surface area contributed by atoms with Gasteiger partial charge in [0.25, 0.3) is 5.91 Å². The average molecular weight is 461 g/mol. The van der Waals surface area contributed by atoms with Crippen LogP contribution in [0, 0.1) is 0 Å². The maximum absolute atomic E-state index is 13.4. The zero-order chi connectivity index (χ0) is 21.6. The number of hydrogen-bond acceptors (Lipinski definition) is 6. The van der Waals surface area contributed by atoms with Crippen LogP contribution in [0.3, 0.4) is 0 Å². The molecule has 3 aliphatic rings. The quantitative estimate of drug-likeness (QED) is 0.676. The number of likely N-dealkylation sites (tertiary alicyclic amines) is 1. The number of nitrogens with zero attached hydrogens (tertiary/aromatic N) is 2. The first-order chi connectivity index (χ1) is 14.9. The Labute approximate surface area is 185 Å². The maximum Gasteiger partial charge on any atom is 0.267 e. The van der Waals surface area contributed by atoms with E-state index in [-0.39, 0.29) is 9.80 Å². The number of fused-ring (bicyclic) bond motifs is 2. The van der Waals surface area contributed by atoms with Gasteiger partial charge >= 0.3 is 0 Å². The molecule has 1 amide bonds. The fourth-order valence-corrected chi connectivity index (χ4v) is 5.79. The van der Waals surface area contributed by atoms with Gasteiger partial charge in [-0.15, -0.1) is 0 Å². The largest absolute Gasteiger partial charge is 0.486 e. The molecule has 9 heteroatoms. The van der Waals surface area contributed by atoms with Crippen molar-refractivity contribution in [1.82, 2.24) is 4.90 Å². The van der Waals surface area contributed by atoms with Crippen LogP contribution in [0.1, 0.15) is 19.3 Å². The van der Waals surface area contributed by atoms with Crippen LogP contribution in [0.5, 0.6) is 11.5 Å². The molecule has 0 saturated carbocycles. The highest BCUT2D eigenvalue weighted by atomic mass is 35.5. The Bertz CT molecular complexity index is 1190. The second-order valence-electron chi connectivity index (χ2n) is 7.66. The van der Waals surface area contributed by atoms with Gasteiger partial charge < -0.3 is 19.3 Å². The molecule has 7 nitrogen and oxygen atoms in total. The summed E-state index contributed by atoms with van der Waals surface area (Å²) in [5.74, 6) is 0.723. The fourth-order valence-electron chi connectivity index (χ4n) is 4.10. The van der Waals surface area contributed by atoms with E-state index in [1.165, 1.54) is 18.3 Å². The van der Waals surface area contributed by atoms with Crippen LogP contribution in [-0.2, 0) is 14.6 Å². The Morgan fingerprint density at radius 1 is 0.935 bits per heavy atom. The number of anilines is 2. The molecule has 3 heterocycles. The highest BCUT2D eigenvalue weighted by molar-refractivity contribution is 7.96. The topological polar surface area (TPSA) is 76.1 Å². The van der Waals surface area contributed by atoms with Gasteiger partial charge in [-0.3, -0.25) is 4.79 Å². The van der Waals surface area contributed by atoms with Crippen molar-refractivity contribution in [3.05, 3.63) is 52.5 Å². The molecule has 31 heavy (non-hydrogen) atoms. The summed E-state index contributed by atoms with van der Waals surface area (Å²) in [7, 11) is -3.99. The van der Waals surface area contributed by atoms with Gasteiger partial charge in [0.2, 0.25) is 9.84 Å². The van der Waals surface area contributed by atoms with Gasteiger partial charge in [0, 0.05) is 36.1 Å². The molecule has 0 spiro atoms. The number of hydrogen-bond donors (Lipinski definition) is 0. The molecule has 0 radical (unpaired) electrons. The molecule has 0 N–H and O–H groups in total. The Morgan fingerprint density at radius 2 is 1.68 bits per heavy atom. The molecule has 2 aromatic rings. The molecule has 162 valence electrons. The van der Waals surface area contributed by atoms with Crippen molar-refractivity contribution in [1.29, 1.82) is 0 Å². The lowest BCUT2D eigenvalue weighted by Gasteiger charge is -2.32. The minimum atomic E-state index is -3.99. The van der Waals surface area contributed by atoms with Crippen LogP contribution in [0.4, 0.5) is 11.4 Å². The summed E-state index contributed by atoms with van der Waals surface area (Å²) in [5, 5.41) is 0.399. The van der Waals surface area contributed by atoms with Crippen molar-refractivity contribution in [2.24, 2.45) is 0 Å². The van der Waals surface area contributed by atoms with Crippen molar-refractivity contribution >= 4 is 38.7 Å². The smallest absolute Gasteiger partial charge is 0.267 e. The average Bonchev–Trinajstić information content (AvgIpc) is 2.79. The minimum Gasteiger partial charge on any atom is -0.486 e. The van der Waals surface area contributed by atoms with Crippen molar-refractivity contribution in [3.8, 4) is 11.5 Å². The number of rotatable bonds is 2. The lowest BCUT2D eigenvalue weighted by molar-refractivity contribution is -0.127. The number of amides is 1. The summed E-state index contributed by atoms with van der Waals surface area (Å²) in [6.07, 6.45) is 4.19. The lowest BCUT2D eigenvalue weighted by atomic mass is 10.1. The number of benzene rings is 2. The van der Waals surface area contributed by atoms with Crippen molar-refractivity contribution < 1.29 is 22.7 Å². The Hall–Kier alpha value is -2.71. The summed E-state index contributed by atoms with van der Waals surface area (Å²) < 4.78 is 38.0. The van der Waals surface area contributed by atoms with E-state index in [0.717, 1.165) is 19.3 Å². The summed E-state index contributed by atoms with van der Waals surface area (Å²) in [5.41, 5.74) is 1.03. The summed E-state index contributed by atoms with van der Waals surface area (Å²) >= 11 is 6.20. The predicted molar refractivity (Wildman–Crippen MR) is 117 cm³/mol. The number of ether oxygens (including phenoxy) is 2. The van der Waals surface area contributed by atoms with Crippen LogP contribution < -0.4 is 14.4 Å². The van der Waals surface area contributed by atoms with Crippen LogP contribution in [-0.4, -0.2) is 45.5 Å². The van der Waals surface area contributed by atoms with Gasteiger partial charge in [0.15, 0.2) is 16.4 Å². The first-order valence-corrected chi connectivity index (χ1v) is 12.1. The molecule has 1 fully saturated rings. The Morgan fingerprint density at radius 3 is 2.45 bits per heavy atom. The first kappa shape index (κ1) is 20.2. The normalized spacial score (nSPS) is 19.5. The molecule has 0 atom stereocenters. The number of piperidine rings is 1. The second-order valence-corrected chi connectivity index (χ2v) is 9.98. The van der Waals surface area contributed by atoms with Gasteiger partial charge in [-0.1, -0.05) is 11.6 Å². The molecule has 5 rings (SSSR count). The summed E-state index contributed by atoms with van der Waals surface area (Å²) in [6, 6.07) is 9.91. The van der Waals surface area contributed by atoms with Gasteiger partial charge in [-0.25, -0.2) is 8.42 Å². The molecule has 0 aromatic heterocycles. The molecular formula is C22H21ClN2O5S.